The molecule has 0 aromatic heterocycles. The van der Waals surface area contributed by atoms with Gasteiger partial charge in [0.15, 0.2) is 0 Å². The zero-order valence-electron chi connectivity index (χ0n) is 27.2. The van der Waals surface area contributed by atoms with Gasteiger partial charge in [-0.15, -0.1) is 0 Å². The lowest BCUT2D eigenvalue weighted by Crippen LogP contribution is -2.50. The smallest absolute Gasteiger partial charge is 0.292 e. The second kappa shape index (κ2) is 15.5. The molecule has 11 nitrogen and oxygen atoms in total. The molecule has 0 spiro atoms. The number of amides is 3. The van der Waals surface area contributed by atoms with E-state index in [1.807, 2.05) is 12.1 Å². The fourth-order valence-corrected chi connectivity index (χ4v) is 7.28. The Kier molecular flexibility index (Phi) is 11.3. The molecule has 0 N–H and O–H groups in total. The molecule has 2 aromatic carbocycles. The zero-order chi connectivity index (χ0) is 32.6. The molecule has 2 aliphatic carbocycles. The van der Waals surface area contributed by atoms with Crippen LogP contribution >= 0.6 is 0 Å². The molecular formula is C35H47N5O6. The van der Waals surface area contributed by atoms with Gasteiger partial charge in [-0.05, 0) is 43.9 Å². The average Bonchev–Trinajstić information content (AvgIpc) is 3.09. The van der Waals surface area contributed by atoms with Crippen molar-refractivity contribution in [1.82, 2.24) is 4.90 Å². The Labute approximate surface area is 271 Å². The summed E-state index contributed by atoms with van der Waals surface area (Å²) >= 11 is 0. The number of para-hydroxylation sites is 2. The number of nitro groups is 1. The first-order valence-corrected chi connectivity index (χ1v) is 16.8. The number of nitro benzene ring substituents is 1. The van der Waals surface area contributed by atoms with E-state index in [0.29, 0.717) is 30.2 Å². The minimum Gasteiger partial charge on any atom is -0.495 e. The van der Waals surface area contributed by atoms with Crippen LogP contribution in [0.1, 0.15) is 71.1 Å². The first-order valence-electron chi connectivity index (χ1n) is 16.8. The summed E-state index contributed by atoms with van der Waals surface area (Å²) in [7, 11) is 1.60. The molecule has 3 fully saturated rings. The Bertz CT molecular complexity index is 1400. The standard InChI is InChI=1S/C35H47N5O6/c1-26(41)39(35(43)28-13-7-4-8-14-28)29-17-18-32(33(25-29)46-2)37-22-19-36(20-23-37)21-24-38(34(42)27-11-5-3-6-12-27)30-15-9-10-16-31(30)40(44)45/h9-10,15-18,25,27-28H,3-8,11-14,19-24H2,1-2H3. The summed E-state index contributed by atoms with van der Waals surface area (Å²) in [5, 5.41) is 11.9. The second-order valence-electron chi connectivity index (χ2n) is 12.8. The summed E-state index contributed by atoms with van der Waals surface area (Å²) in [6.07, 6.45) is 9.59. The summed E-state index contributed by atoms with van der Waals surface area (Å²) in [4.78, 5) is 58.6. The number of hydrogen-bond donors (Lipinski definition) is 0. The first kappa shape index (κ1) is 33.4. The average molecular weight is 634 g/mol. The maximum atomic E-state index is 13.7. The number of ether oxygens (including phenoxy) is 1. The van der Waals surface area contributed by atoms with Crippen molar-refractivity contribution in [2.75, 3.05) is 61.1 Å². The highest BCUT2D eigenvalue weighted by Crippen LogP contribution is 2.36. The predicted octanol–water partition coefficient (Wildman–Crippen LogP) is 5.80. The van der Waals surface area contributed by atoms with Gasteiger partial charge in [0.1, 0.15) is 11.4 Å². The van der Waals surface area contributed by atoms with E-state index in [-0.39, 0.29) is 35.2 Å². The Hall–Kier alpha value is -3.99. The zero-order valence-corrected chi connectivity index (χ0v) is 27.2. The SMILES string of the molecule is COc1cc(N(C(C)=O)C(=O)C2CCCCC2)ccc1N1CCN(CCN(C(=O)C2CCCCC2)c2ccccc2[N+](=O)[O-])CC1. The van der Waals surface area contributed by atoms with Crippen molar-refractivity contribution in [3.63, 3.8) is 0 Å². The van der Waals surface area contributed by atoms with Crippen molar-refractivity contribution in [3.8, 4) is 5.75 Å². The number of piperazine rings is 1. The second-order valence-corrected chi connectivity index (χ2v) is 12.8. The van der Waals surface area contributed by atoms with Crippen molar-refractivity contribution < 1.29 is 24.0 Å². The molecule has 3 aliphatic rings. The Morgan fingerprint density at radius 1 is 0.870 bits per heavy atom. The molecule has 11 heteroatoms. The van der Waals surface area contributed by atoms with Gasteiger partial charge in [0.2, 0.25) is 17.7 Å². The van der Waals surface area contributed by atoms with E-state index >= 15 is 0 Å². The van der Waals surface area contributed by atoms with Crippen molar-refractivity contribution in [1.29, 1.82) is 0 Å². The molecule has 3 amide bonds. The summed E-state index contributed by atoms with van der Waals surface area (Å²) in [5.41, 5.74) is 1.75. The number of methoxy groups -OCH3 is 1. The van der Waals surface area contributed by atoms with E-state index < -0.39 is 4.92 Å². The molecule has 0 radical (unpaired) electrons. The molecule has 1 saturated heterocycles. The molecule has 0 bridgehead atoms. The van der Waals surface area contributed by atoms with Gasteiger partial charge >= 0.3 is 0 Å². The van der Waals surface area contributed by atoms with Gasteiger partial charge in [0.05, 0.1) is 23.4 Å². The number of benzene rings is 2. The lowest BCUT2D eigenvalue weighted by molar-refractivity contribution is -0.384. The normalized spacial score (nSPS) is 18.2. The maximum absolute atomic E-state index is 13.7. The number of imide groups is 1. The van der Waals surface area contributed by atoms with E-state index in [1.54, 1.807) is 36.3 Å². The Morgan fingerprint density at radius 2 is 1.48 bits per heavy atom. The van der Waals surface area contributed by atoms with Gasteiger partial charge in [0.25, 0.3) is 5.69 Å². The monoisotopic (exact) mass is 633 g/mol. The van der Waals surface area contributed by atoms with E-state index in [0.717, 1.165) is 96.1 Å². The van der Waals surface area contributed by atoms with Crippen LogP contribution in [-0.2, 0) is 14.4 Å². The number of rotatable bonds is 10. The first-order chi connectivity index (χ1) is 22.3. The van der Waals surface area contributed by atoms with Crippen LogP contribution in [0.25, 0.3) is 0 Å². The summed E-state index contributed by atoms with van der Waals surface area (Å²) < 4.78 is 5.76. The lowest BCUT2D eigenvalue weighted by Gasteiger charge is -2.38. The van der Waals surface area contributed by atoms with Crippen LogP contribution in [0, 0.1) is 22.0 Å². The van der Waals surface area contributed by atoms with Gasteiger partial charge in [-0.1, -0.05) is 50.7 Å². The highest BCUT2D eigenvalue weighted by molar-refractivity contribution is 6.15. The largest absolute Gasteiger partial charge is 0.495 e. The molecule has 2 saturated carbocycles. The number of nitrogens with zero attached hydrogens (tertiary/aromatic N) is 5. The minimum absolute atomic E-state index is 0.0148. The van der Waals surface area contributed by atoms with Crippen LogP contribution in [0.15, 0.2) is 42.5 Å². The molecule has 46 heavy (non-hydrogen) atoms. The number of carbonyl (C=O) groups excluding carboxylic acids is 3. The van der Waals surface area contributed by atoms with E-state index in [2.05, 4.69) is 9.80 Å². The summed E-state index contributed by atoms with van der Waals surface area (Å²) in [6.45, 7) is 5.34. The molecule has 1 aliphatic heterocycles. The highest BCUT2D eigenvalue weighted by atomic mass is 16.6. The van der Waals surface area contributed by atoms with E-state index in [9.17, 15) is 24.5 Å². The predicted molar refractivity (Wildman–Crippen MR) is 178 cm³/mol. The van der Waals surface area contributed by atoms with E-state index in [1.165, 1.54) is 17.9 Å². The van der Waals surface area contributed by atoms with Crippen LogP contribution in [-0.4, -0.2) is 73.9 Å². The minimum atomic E-state index is -0.407. The molecular weight excluding hydrogens is 586 g/mol. The fraction of sp³-hybridized carbons (Fsp3) is 0.571. The highest BCUT2D eigenvalue weighted by Gasteiger charge is 2.32. The van der Waals surface area contributed by atoms with Gasteiger partial charge < -0.3 is 14.5 Å². The van der Waals surface area contributed by atoms with Crippen LogP contribution in [0.2, 0.25) is 0 Å². The van der Waals surface area contributed by atoms with Crippen molar-refractivity contribution in [3.05, 3.63) is 52.6 Å². The third-order valence-electron chi connectivity index (χ3n) is 9.85. The van der Waals surface area contributed by atoms with Crippen LogP contribution < -0.4 is 19.4 Å². The maximum Gasteiger partial charge on any atom is 0.292 e. The van der Waals surface area contributed by atoms with Crippen molar-refractivity contribution in [2.45, 2.75) is 71.1 Å². The Balaban J connectivity index is 1.25. The number of hydrogen-bond acceptors (Lipinski definition) is 8. The number of anilines is 3. The summed E-state index contributed by atoms with van der Waals surface area (Å²) in [5.74, 6) is -0.0623. The molecule has 248 valence electrons. The fourth-order valence-electron chi connectivity index (χ4n) is 7.28. The molecule has 2 aromatic rings. The van der Waals surface area contributed by atoms with Gasteiger partial charge in [0, 0.05) is 70.2 Å². The lowest BCUT2D eigenvalue weighted by atomic mass is 9.88. The molecule has 1 heterocycles. The quantitative estimate of drug-likeness (QED) is 0.238. The Morgan fingerprint density at radius 3 is 2.07 bits per heavy atom. The van der Waals surface area contributed by atoms with Gasteiger partial charge in [-0.3, -0.25) is 34.3 Å². The van der Waals surface area contributed by atoms with Gasteiger partial charge in [-0.25, -0.2) is 0 Å². The van der Waals surface area contributed by atoms with Crippen molar-refractivity contribution >= 4 is 40.5 Å². The summed E-state index contributed by atoms with van der Waals surface area (Å²) in [6, 6.07) is 12.1. The third kappa shape index (κ3) is 7.68. The molecule has 0 atom stereocenters. The van der Waals surface area contributed by atoms with Crippen molar-refractivity contribution in [2.24, 2.45) is 11.8 Å². The molecule has 0 unspecified atom stereocenters. The molecule has 5 rings (SSSR count). The van der Waals surface area contributed by atoms with Crippen LogP contribution in [0.5, 0.6) is 5.75 Å². The van der Waals surface area contributed by atoms with Crippen LogP contribution in [0.4, 0.5) is 22.7 Å². The van der Waals surface area contributed by atoms with Crippen LogP contribution in [0.3, 0.4) is 0 Å². The topological polar surface area (TPSA) is 117 Å². The number of carbonyl (C=O) groups is 3. The van der Waals surface area contributed by atoms with E-state index in [4.69, 9.17) is 4.74 Å². The third-order valence-corrected chi connectivity index (χ3v) is 9.85. The van der Waals surface area contributed by atoms with Gasteiger partial charge in [-0.2, -0.15) is 0 Å².